The Morgan fingerprint density at radius 2 is 2.16 bits per heavy atom. The van der Waals surface area contributed by atoms with Crippen LogP contribution in [0.1, 0.15) is 15.9 Å². The summed E-state index contributed by atoms with van der Waals surface area (Å²) in [6, 6.07) is 12.8. The molecule has 126 valence electrons. The zero-order valence-electron chi connectivity index (χ0n) is 13.3. The molecule has 0 fully saturated rings. The van der Waals surface area contributed by atoms with Crippen LogP contribution in [0.3, 0.4) is 0 Å². The highest BCUT2D eigenvalue weighted by Crippen LogP contribution is 2.30. The molecule has 1 unspecified atom stereocenters. The van der Waals surface area contributed by atoms with E-state index < -0.39 is 12.1 Å². The lowest BCUT2D eigenvalue weighted by Gasteiger charge is -2.23. The molecule has 1 aliphatic rings. The Hall–Kier alpha value is -2.38. The van der Waals surface area contributed by atoms with E-state index in [1.54, 1.807) is 35.2 Å². The van der Waals surface area contributed by atoms with Crippen molar-refractivity contribution in [2.24, 2.45) is 0 Å². The van der Waals surface area contributed by atoms with Crippen molar-refractivity contribution in [1.29, 1.82) is 0 Å². The van der Waals surface area contributed by atoms with Gasteiger partial charge in [-0.3, -0.25) is 4.79 Å². The van der Waals surface area contributed by atoms with E-state index in [1.807, 2.05) is 36.6 Å². The van der Waals surface area contributed by atoms with Gasteiger partial charge in [0.1, 0.15) is 0 Å². The average molecular weight is 370 g/mol. The second-order valence-electron chi connectivity index (χ2n) is 5.61. The minimum Gasteiger partial charge on any atom is -0.448 e. The first-order valence-corrected chi connectivity index (χ1v) is 9.72. The zero-order chi connectivity index (χ0) is 17.4. The molecule has 1 aliphatic heterocycles. The van der Waals surface area contributed by atoms with Crippen LogP contribution in [0.4, 0.5) is 5.69 Å². The van der Waals surface area contributed by atoms with Crippen LogP contribution in [0.5, 0.6) is 0 Å². The SMILES string of the molecule is CSc1nc2ccc(NC(=O)C3Cc4ccccc4C(=O)O3)cc2s1. The quantitative estimate of drug-likeness (QED) is 0.562. The number of amides is 1. The summed E-state index contributed by atoms with van der Waals surface area (Å²) in [6.45, 7) is 0. The van der Waals surface area contributed by atoms with E-state index in [0.717, 1.165) is 20.1 Å². The Morgan fingerprint density at radius 3 is 3.00 bits per heavy atom. The monoisotopic (exact) mass is 370 g/mol. The van der Waals surface area contributed by atoms with Crippen molar-refractivity contribution in [2.45, 2.75) is 16.9 Å². The summed E-state index contributed by atoms with van der Waals surface area (Å²) in [4.78, 5) is 29.0. The first-order chi connectivity index (χ1) is 12.1. The highest BCUT2D eigenvalue weighted by Gasteiger charge is 2.31. The fraction of sp³-hybridized carbons (Fsp3) is 0.167. The maximum atomic E-state index is 12.5. The molecule has 2 aromatic carbocycles. The predicted octanol–water partition coefficient (Wildman–Crippen LogP) is 3.74. The van der Waals surface area contributed by atoms with Crippen LogP contribution in [0.25, 0.3) is 10.2 Å². The van der Waals surface area contributed by atoms with E-state index in [9.17, 15) is 9.59 Å². The van der Waals surface area contributed by atoms with Crippen LogP contribution in [0.2, 0.25) is 0 Å². The molecule has 0 bridgehead atoms. The van der Waals surface area contributed by atoms with Gasteiger partial charge in [0.25, 0.3) is 5.91 Å². The number of hydrogen-bond acceptors (Lipinski definition) is 6. The third-order valence-corrected chi connectivity index (χ3v) is 6.00. The van der Waals surface area contributed by atoms with Gasteiger partial charge in [-0.15, -0.1) is 11.3 Å². The van der Waals surface area contributed by atoms with Crippen LogP contribution < -0.4 is 5.32 Å². The Bertz CT molecular complexity index is 983. The number of aromatic nitrogens is 1. The highest BCUT2D eigenvalue weighted by molar-refractivity contribution is 8.00. The summed E-state index contributed by atoms with van der Waals surface area (Å²) in [7, 11) is 0. The van der Waals surface area contributed by atoms with Gasteiger partial charge in [0.05, 0.1) is 15.8 Å². The van der Waals surface area contributed by atoms with Gasteiger partial charge in [-0.1, -0.05) is 30.0 Å². The smallest absolute Gasteiger partial charge is 0.339 e. The normalized spacial score (nSPS) is 16.4. The number of hydrogen-bond donors (Lipinski definition) is 1. The summed E-state index contributed by atoms with van der Waals surface area (Å²) in [5, 5.41) is 2.84. The van der Waals surface area contributed by atoms with Gasteiger partial charge in [0.15, 0.2) is 10.4 Å². The van der Waals surface area contributed by atoms with Crippen LogP contribution in [-0.4, -0.2) is 29.2 Å². The topological polar surface area (TPSA) is 68.3 Å². The minimum atomic E-state index is -0.818. The lowest BCUT2D eigenvalue weighted by atomic mass is 9.98. The molecular weight excluding hydrogens is 356 g/mol. The number of thiazole rings is 1. The average Bonchev–Trinajstić information content (AvgIpc) is 3.04. The number of fused-ring (bicyclic) bond motifs is 2. The van der Waals surface area contributed by atoms with Crippen molar-refractivity contribution in [3.05, 3.63) is 53.6 Å². The van der Waals surface area contributed by atoms with Crippen molar-refractivity contribution >= 4 is 50.9 Å². The van der Waals surface area contributed by atoms with Crippen LogP contribution in [-0.2, 0) is 16.0 Å². The van der Waals surface area contributed by atoms with E-state index >= 15 is 0 Å². The molecule has 1 atom stereocenters. The predicted molar refractivity (Wildman–Crippen MR) is 99.4 cm³/mol. The van der Waals surface area contributed by atoms with E-state index in [-0.39, 0.29) is 5.91 Å². The van der Waals surface area contributed by atoms with Crippen LogP contribution in [0, 0.1) is 0 Å². The second-order valence-corrected chi connectivity index (χ2v) is 7.69. The Kier molecular flexibility index (Phi) is 4.19. The van der Waals surface area contributed by atoms with Gasteiger partial charge in [-0.25, -0.2) is 9.78 Å². The zero-order valence-corrected chi connectivity index (χ0v) is 14.9. The highest BCUT2D eigenvalue weighted by atomic mass is 32.2. The maximum Gasteiger partial charge on any atom is 0.339 e. The molecule has 2 heterocycles. The molecule has 0 saturated carbocycles. The summed E-state index contributed by atoms with van der Waals surface area (Å²) >= 11 is 3.17. The third-order valence-electron chi connectivity index (χ3n) is 4.00. The Labute approximate surface area is 152 Å². The number of anilines is 1. The summed E-state index contributed by atoms with van der Waals surface area (Å²) in [5.41, 5.74) is 2.94. The molecule has 5 nitrogen and oxygen atoms in total. The molecular formula is C18H14N2O3S2. The molecule has 0 aliphatic carbocycles. The van der Waals surface area contributed by atoms with E-state index in [4.69, 9.17) is 4.74 Å². The molecule has 0 radical (unpaired) electrons. The maximum absolute atomic E-state index is 12.5. The first-order valence-electron chi connectivity index (χ1n) is 7.68. The van der Waals surface area contributed by atoms with E-state index in [2.05, 4.69) is 10.3 Å². The molecule has 1 aromatic heterocycles. The lowest BCUT2D eigenvalue weighted by Crippen LogP contribution is -2.37. The fourth-order valence-electron chi connectivity index (χ4n) is 2.77. The molecule has 0 saturated heterocycles. The number of rotatable bonds is 3. The van der Waals surface area contributed by atoms with Gasteiger partial charge in [-0.05, 0) is 36.1 Å². The third kappa shape index (κ3) is 3.12. The van der Waals surface area contributed by atoms with E-state index in [1.165, 1.54) is 0 Å². The number of ether oxygens (including phenoxy) is 1. The fourth-order valence-corrected chi connectivity index (χ4v) is 4.30. The van der Waals surface area contributed by atoms with E-state index in [0.29, 0.717) is 17.7 Å². The number of thioether (sulfide) groups is 1. The standard InChI is InChI=1S/C18H14N2O3S2/c1-24-18-20-13-7-6-11(9-15(13)25-18)19-16(21)14-8-10-4-2-3-5-12(10)17(22)23-14/h2-7,9,14H,8H2,1H3,(H,19,21). The van der Waals surface area contributed by atoms with Gasteiger partial charge >= 0.3 is 5.97 Å². The van der Waals surface area contributed by atoms with Crippen molar-refractivity contribution in [2.75, 3.05) is 11.6 Å². The summed E-state index contributed by atoms with van der Waals surface area (Å²) in [5.74, 6) is -0.777. The first kappa shape index (κ1) is 16.1. The van der Waals surface area contributed by atoms with Crippen molar-refractivity contribution < 1.29 is 14.3 Å². The minimum absolute atomic E-state index is 0.322. The molecule has 0 spiro atoms. The number of nitrogens with zero attached hydrogens (tertiary/aromatic N) is 1. The van der Waals surface area contributed by atoms with Gasteiger partial charge in [-0.2, -0.15) is 0 Å². The lowest BCUT2D eigenvalue weighted by molar-refractivity contribution is -0.125. The number of carbonyl (C=O) groups is 2. The van der Waals surface area contributed by atoms with Crippen molar-refractivity contribution in [1.82, 2.24) is 4.98 Å². The molecule has 25 heavy (non-hydrogen) atoms. The Morgan fingerprint density at radius 1 is 1.32 bits per heavy atom. The van der Waals surface area contributed by atoms with Gasteiger partial charge < -0.3 is 10.1 Å². The molecule has 4 rings (SSSR count). The van der Waals surface area contributed by atoms with Crippen molar-refractivity contribution in [3.63, 3.8) is 0 Å². The molecule has 3 aromatic rings. The van der Waals surface area contributed by atoms with Gasteiger partial charge in [0, 0.05) is 12.1 Å². The Balaban J connectivity index is 1.53. The number of nitrogens with one attached hydrogen (secondary N) is 1. The largest absolute Gasteiger partial charge is 0.448 e. The van der Waals surface area contributed by atoms with Crippen LogP contribution in [0.15, 0.2) is 46.8 Å². The number of cyclic esters (lactones) is 1. The van der Waals surface area contributed by atoms with Crippen molar-refractivity contribution in [3.8, 4) is 0 Å². The van der Waals surface area contributed by atoms with Gasteiger partial charge in [0.2, 0.25) is 0 Å². The van der Waals surface area contributed by atoms with Crippen LogP contribution >= 0.6 is 23.1 Å². The molecule has 1 amide bonds. The molecule has 7 heteroatoms. The summed E-state index contributed by atoms with van der Waals surface area (Å²) in [6.07, 6.45) is 1.55. The molecule has 1 N–H and O–H groups in total. The number of carbonyl (C=O) groups excluding carboxylic acids is 2. The second kappa shape index (κ2) is 6.50. The number of benzene rings is 2. The summed E-state index contributed by atoms with van der Waals surface area (Å²) < 4.78 is 7.28. The number of esters is 1.